The van der Waals surface area contributed by atoms with Gasteiger partial charge in [0.05, 0.1) is 5.56 Å². The lowest BCUT2D eigenvalue weighted by Gasteiger charge is -2.24. The molecule has 0 saturated heterocycles. The molecular formula is C13H22N4. The van der Waals surface area contributed by atoms with Gasteiger partial charge in [-0.2, -0.15) is 0 Å². The third-order valence-electron chi connectivity index (χ3n) is 2.87. The molecule has 0 aliphatic carbocycles. The van der Waals surface area contributed by atoms with Crippen LogP contribution in [0.4, 0.5) is 5.82 Å². The molecule has 17 heavy (non-hydrogen) atoms. The molecule has 1 heterocycles. The fourth-order valence-electron chi connectivity index (χ4n) is 1.88. The maximum absolute atomic E-state index is 7.67. The summed E-state index contributed by atoms with van der Waals surface area (Å²) < 4.78 is 0. The smallest absolute Gasteiger partial charge is 0.139 e. The second kappa shape index (κ2) is 6.23. The Hall–Kier alpha value is -1.58. The van der Waals surface area contributed by atoms with E-state index in [0.29, 0.717) is 0 Å². The molecule has 0 aromatic carbocycles. The minimum atomic E-state index is 0.0977. The molecule has 1 aromatic rings. The molecule has 4 heteroatoms. The Bertz CT molecular complexity index is 387. The van der Waals surface area contributed by atoms with Crippen LogP contribution < -0.4 is 10.6 Å². The molecule has 0 atom stereocenters. The summed E-state index contributed by atoms with van der Waals surface area (Å²) in [5.74, 6) is 0.939. The fraction of sp³-hybridized carbons (Fsp3) is 0.538. The van der Waals surface area contributed by atoms with Gasteiger partial charge in [0.2, 0.25) is 0 Å². The fourth-order valence-corrected chi connectivity index (χ4v) is 1.88. The predicted octanol–water partition coefficient (Wildman–Crippen LogP) is 2.30. The minimum absolute atomic E-state index is 0.0977. The first-order chi connectivity index (χ1) is 8.11. The molecule has 3 N–H and O–H groups in total. The molecular weight excluding hydrogens is 212 g/mol. The van der Waals surface area contributed by atoms with E-state index in [1.165, 1.54) is 0 Å². The highest BCUT2D eigenvalue weighted by molar-refractivity contribution is 6.00. The van der Waals surface area contributed by atoms with Crippen LogP contribution in [0.3, 0.4) is 0 Å². The van der Waals surface area contributed by atoms with Crippen molar-refractivity contribution in [3.8, 4) is 0 Å². The number of nitrogens with zero attached hydrogens (tertiary/aromatic N) is 2. The Balaban J connectivity index is 3.09. The Morgan fingerprint density at radius 1 is 1.47 bits per heavy atom. The molecule has 4 nitrogen and oxygen atoms in total. The minimum Gasteiger partial charge on any atom is -0.384 e. The van der Waals surface area contributed by atoms with Gasteiger partial charge >= 0.3 is 0 Å². The number of nitrogens with two attached hydrogens (primary N) is 1. The summed E-state index contributed by atoms with van der Waals surface area (Å²) in [7, 11) is 0. The van der Waals surface area contributed by atoms with Crippen molar-refractivity contribution in [3.05, 3.63) is 23.4 Å². The number of pyridine rings is 1. The third kappa shape index (κ3) is 3.19. The first kappa shape index (κ1) is 13.5. The molecule has 0 bridgehead atoms. The third-order valence-corrected chi connectivity index (χ3v) is 2.87. The Kier molecular flexibility index (Phi) is 4.94. The summed E-state index contributed by atoms with van der Waals surface area (Å²) in [6.45, 7) is 8.09. The molecule has 0 amide bonds. The van der Waals surface area contributed by atoms with Crippen LogP contribution in [0, 0.1) is 12.3 Å². The summed E-state index contributed by atoms with van der Waals surface area (Å²) >= 11 is 0. The highest BCUT2D eigenvalue weighted by Gasteiger charge is 2.14. The highest BCUT2D eigenvalue weighted by Crippen LogP contribution is 2.20. The van der Waals surface area contributed by atoms with Crippen LogP contribution in [-0.2, 0) is 0 Å². The molecule has 0 spiro atoms. The van der Waals surface area contributed by atoms with E-state index in [2.05, 4.69) is 23.7 Å². The van der Waals surface area contributed by atoms with Crippen LogP contribution in [-0.4, -0.2) is 23.9 Å². The Labute approximate surface area is 103 Å². The highest BCUT2D eigenvalue weighted by atomic mass is 15.2. The number of hydrogen-bond acceptors (Lipinski definition) is 3. The predicted molar refractivity (Wildman–Crippen MR) is 72.8 cm³/mol. The van der Waals surface area contributed by atoms with Crippen LogP contribution in [0.15, 0.2) is 12.3 Å². The molecule has 94 valence electrons. The van der Waals surface area contributed by atoms with Gasteiger partial charge in [0, 0.05) is 19.3 Å². The topological polar surface area (TPSA) is 66.0 Å². The zero-order valence-electron chi connectivity index (χ0n) is 11.0. The van der Waals surface area contributed by atoms with Crippen molar-refractivity contribution in [2.24, 2.45) is 5.73 Å². The number of amidine groups is 1. The lowest BCUT2D eigenvalue weighted by Crippen LogP contribution is -2.28. The summed E-state index contributed by atoms with van der Waals surface area (Å²) in [4.78, 5) is 6.58. The van der Waals surface area contributed by atoms with Crippen LogP contribution in [0.2, 0.25) is 0 Å². The van der Waals surface area contributed by atoms with E-state index in [1.54, 1.807) is 6.20 Å². The Morgan fingerprint density at radius 3 is 2.71 bits per heavy atom. The van der Waals surface area contributed by atoms with Crippen molar-refractivity contribution < 1.29 is 0 Å². The van der Waals surface area contributed by atoms with E-state index in [1.807, 2.05) is 13.0 Å². The molecule has 0 unspecified atom stereocenters. The van der Waals surface area contributed by atoms with E-state index in [-0.39, 0.29) is 5.84 Å². The number of hydrogen-bond donors (Lipinski definition) is 2. The van der Waals surface area contributed by atoms with E-state index < -0.39 is 0 Å². The average Bonchev–Trinajstić information content (AvgIpc) is 2.29. The number of aryl methyl sites for hydroxylation is 1. The van der Waals surface area contributed by atoms with Gasteiger partial charge in [-0.25, -0.2) is 4.98 Å². The monoisotopic (exact) mass is 234 g/mol. The van der Waals surface area contributed by atoms with Gasteiger partial charge in [0.15, 0.2) is 0 Å². The molecule has 1 rings (SSSR count). The molecule has 0 radical (unpaired) electrons. The van der Waals surface area contributed by atoms with E-state index in [4.69, 9.17) is 11.1 Å². The van der Waals surface area contributed by atoms with Crippen LogP contribution >= 0.6 is 0 Å². The van der Waals surface area contributed by atoms with Gasteiger partial charge in [-0.3, -0.25) is 5.41 Å². The van der Waals surface area contributed by atoms with Gasteiger partial charge in [-0.05, 0) is 31.9 Å². The molecule has 0 aliphatic heterocycles. The average molecular weight is 234 g/mol. The van der Waals surface area contributed by atoms with Crippen molar-refractivity contribution in [3.63, 3.8) is 0 Å². The first-order valence-electron chi connectivity index (χ1n) is 6.16. The summed E-state index contributed by atoms with van der Waals surface area (Å²) in [5.41, 5.74) is 7.43. The number of anilines is 1. The van der Waals surface area contributed by atoms with Gasteiger partial charge in [-0.15, -0.1) is 0 Å². The number of aromatic nitrogens is 1. The molecule has 1 aromatic heterocycles. The van der Waals surface area contributed by atoms with Crippen molar-refractivity contribution in [2.75, 3.05) is 18.0 Å². The van der Waals surface area contributed by atoms with Crippen molar-refractivity contribution in [2.45, 2.75) is 33.6 Å². The number of nitrogens with one attached hydrogen (secondary N) is 1. The molecule has 0 saturated carbocycles. The molecule has 0 fully saturated rings. The normalized spacial score (nSPS) is 10.3. The van der Waals surface area contributed by atoms with Crippen molar-refractivity contribution in [1.29, 1.82) is 5.41 Å². The van der Waals surface area contributed by atoms with Gasteiger partial charge in [-0.1, -0.05) is 13.3 Å². The van der Waals surface area contributed by atoms with Crippen LogP contribution in [0.25, 0.3) is 0 Å². The first-order valence-corrected chi connectivity index (χ1v) is 6.16. The van der Waals surface area contributed by atoms with E-state index >= 15 is 0 Å². The SMILES string of the molecule is CCCCN(CC)c1nccc(C)c1C(=N)N. The number of rotatable bonds is 6. The largest absolute Gasteiger partial charge is 0.384 e. The summed E-state index contributed by atoms with van der Waals surface area (Å²) in [6, 6.07) is 1.90. The van der Waals surface area contributed by atoms with E-state index in [0.717, 1.165) is 42.9 Å². The quantitative estimate of drug-likeness (QED) is 0.586. The maximum atomic E-state index is 7.67. The second-order valence-electron chi connectivity index (χ2n) is 4.17. The van der Waals surface area contributed by atoms with Crippen molar-refractivity contribution >= 4 is 11.7 Å². The maximum Gasteiger partial charge on any atom is 0.139 e. The van der Waals surface area contributed by atoms with E-state index in [9.17, 15) is 0 Å². The lowest BCUT2D eigenvalue weighted by atomic mass is 10.1. The zero-order chi connectivity index (χ0) is 12.8. The van der Waals surface area contributed by atoms with Crippen LogP contribution in [0.5, 0.6) is 0 Å². The number of unbranched alkanes of at least 4 members (excludes halogenated alkanes) is 1. The summed E-state index contributed by atoms with van der Waals surface area (Å²) in [6.07, 6.45) is 4.06. The van der Waals surface area contributed by atoms with Gasteiger partial charge in [0.1, 0.15) is 11.7 Å². The van der Waals surface area contributed by atoms with Crippen LogP contribution in [0.1, 0.15) is 37.8 Å². The van der Waals surface area contributed by atoms with Gasteiger partial charge < -0.3 is 10.6 Å². The number of nitrogen functional groups attached to an aromatic ring is 1. The second-order valence-corrected chi connectivity index (χ2v) is 4.17. The standard InChI is InChI=1S/C13H22N4/c1-4-6-9-17(5-2)13-11(12(14)15)10(3)7-8-16-13/h7-8H,4-6,9H2,1-3H3,(H3,14,15). The lowest BCUT2D eigenvalue weighted by molar-refractivity contribution is 0.723. The molecule has 0 aliphatic rings. The van der Waals surface area contributed by atoms with Gasteiger partial charge in [0.25, 0.3) is 0 Å². The zero-order valence-corrected chi connectivity index (χ0v) is 11.0. The summed E-state index contributed by atoms with van der Waals surface area (Å²) in [5, 5.41) is 7.67. The van der Waals surface area contributed by atoms with Crippen molar-refractivity contribution in [1.82, 2.24) is 4.98 Å². The Morgan fingerprint density at radius 2 is 2.18 bits per heavy atom.